The van der Waals surface area contributed by atoms with E-state index in [-0.39, 0.29) is 0 Å². The molecule has 0 aliphatic carbocycles. The lowest BCUT2D eigenvalue weighted by atomic mass is 10.1. The van der Waals surface area contributed by atoms with Crippen molar-refractivity contribution >= 4 is 0 Å². The predicted molar refractivity (Wildman–Crippen MR) is 52.5 cm³/mol. The molecule has 11 heavy (non-hydrogen) atoms. The molecule has 0 heteroatoms. The molecule has 0 amide bonds. The molecular formula is C11H16. The maximum Gasteiger partial charge on any atom is -0.0303 e. The Morgan fingerprint density at radius 3 is 1.64 bits per heavy atom. The monoisotopic (exact) mass is 148 g/mol. The zero-order valence-electron chi connectivity index (χ0n) is 7.70. The number of hydrogen-bond donors (Lipinski definition) is 0. The van der Waals surface area contributed by atoms with Gasteiger partial charge in [0.15, 0.2) is 0 Å². The molecule has 0 aromatic heterocycles. The molecule has 0 unspecified atom stereocenters. The van der Waals surface area contributed by atoms with E-state index in [9.17, 15) is 0 Å². The molecule has 0 aliphatic rings. The molecule has 0 aliphatic heterocycles. The van der Waals surface area contributed by atoms with E-state index in [1.165, 1.54) is 0 Å². The topological polar surface area (TPSA) is 0 Å². The van der Waals surface area contributed by atoms with Crippen LogP contribution in [-0.4, -0.2) is 0 Å². The number of hydrogen-bond acceptors (Lipinski definition) is 0. The van der Waals surface area contributed by atoms with Crippen molar-refractivity contribution in [3.63, 3.8) is 0 Å². The van der Waals surface area contributed by atoms with Crippen LogP contribution in [0.3, 0.4) is 0 Å². The summed E-state index contributed by atoms with van der Waals surface area (Å²) >= 11 is 0. The molecule has 0 saturated carbocycles. The van der Waals surface area contributed by atoms with Crippen LogP contribution in [0.15, 0.2) is 48.1 Å². The smallest absolute Gasteiger partial charge is 0.0303 e. The van der Waals surface area contributed by atoms with E-state index in [0.717, 1.165) is 22.3 Å². The summed E-state index contributed by atoms with van der Waals surface area (Å²) in [7, 11) is 0. The molecule has 0 aromatic carbocycles. The second-order valence-corrected chi connectivity index (χ2v) is 2.91. The predicted octanol–water partition coefficient (Wildman–Crippen LogP) is 3.64. The molecule has 0 rings (SSSR count). The van der Waals surface area contributed by atoms with Crippen molar-refractivity contribution in [2.24, 2.45) is 0 Å². The second-order valence-electron chi connectivity index (χ2n) is 2.91. The van der Waals surface area contributed by atoms with Gasteiger partial charge in [-0.25, -0.2) is 0 Å². The van der Waals surface area contributed by atoms with Gasteiger partial charge in [-0.2, -0.15) is 0 Å². The van der Waals surface area contributed by atoms with Crippen molar-refractivity contribution in [2.75, 3.05) is 0 Å². The van der Waals surface area contributed by atoms with Crippen LogP contribution in [0.25, 0.3) is 0 Å². The summed E-state index contributed by atoms with van der Waals surface area (Å²) < 4.78 is 0. The molecule has 0 aromatic rings. The standard InChI is InChI=1S/C11H16/c1-8(2)10(5)7-11(6)9(3)4/h7H,1,3,5H2,2,4,6H3/b11-7+. The SMILES string of the molecule is C=C(C)C(=C)/C=C(\C)C(=C)C. The van der Waals surface area contributed by atoms with Gasteiger partial charge in [0.1, 0.15) is 0 Å². The Hall–Kier alpha value is -1.04. The van der Waals surface area contributed by atoms with Gasteiger partial charge in [0.05, 0.1) is 0 Å². The first-order valence-electron chi connectivity index (χ1n) is 3.64. The lowest BCUT2D eigenvalue weighted by Crippen LogP contribution is -1.81. The molecule has 0 N–H and O–H groups in total. The highest BCUT2D eigenvalue weighted by Crippen LogP contribution is 2.12. The van der Waals surface area contributed by atoms with Gasteiger partial charge < -0.3 is 0 Å². The molecule has 0 nitrogen and oxygen atoms in total. The van der Waals surface area contributed by atoms with Gasteiger partial charge in [-0.05, 0) is 31.9 Å². The van der Waals surface area contributed by atoms with E-state index in [1.54, 1.807) is 0 Å². The van der Waals surface area contributed by atoms with Crippen molar-refractivity contribution in [1.82, 2.24) is 0 Å². The molecular weight excluding hydrogens is 132 g/mol. The van der Waals surface area contributed by atoms with E-state index in [0.29, 0.717) is 0 Å². The Balaban J connectivity index is 4.44. The third-order valence-electron chi connectivity index (χ3n) is 1.61. The van der Waals surface area contributed by atoms with E-state index in [1.807, 2.05) is 26.8 Å². The van der Waals surface area contributed by atoms with Crippen molar-refractivity contribution in [3.8, 4) is 0 Å². The highest BCUT2D eigenvalue weighted by atomic mass is 14.0. The van der Waals surface area contributed by atoms with Gasteiger partial charge in [0, 0.05) is 0 Å². The van der Waals surface area contributed by atoms with Crippen LogP contribution in [0.1, 0.15) is 20.8 Å². The first kappa shape index (κ1) is 9.96. The normalized spacial score (nSPS) is 11.0. The van der Waals surface area contributed by atoms with Crippen LogP contribution >= 0.6 is 0 Å². The average molecular weight is 148 g/mol. The maximum absolute atomic E-state index is 3.86. The van der Waals surface area contributed by atoms with Gasteiger partial charge in [0.2, 0.25) is 0 Å². The third kappa shape index (κ3) is 3.61. The Morgan fingerprint density at radius 1 is 0.909 bits per heavy atom. The minimum absolute atomic E-state index is 0.977. The number of rotatable bonds is 3. The summed E-state index contributed by atoms with van der Waals surface area (Å²) in [6.45, 7) is 17.4. The summed E-state index contributed by atoms with van der Waals surface area (Å²) in [6, 6.07) is 0. The summed E-state index contributed by atoms with van der Waals surface area (Å²) in [6.07, 6.45) is 2.00. The second kappa shape index (κ2) is 3.97. The molecule has 0 fully saturated rings. The fraction of sp³-hybridized carbons (Fsp3) is 0.273. The molecule has 0 saturated heterocycles. The maximum atomic E-state index is 3.86. The van der Waals surface area contributed by atoms with Crippen molar-refractivity contribution in [3.05, 3.63) is 48.1 Å². The molecule has 0 radical (unpaired) electrons. The highest BCUT2D eigenvalue weighted by molar-refractivity contribution is 5.40. The number of allylic oxidation sites excluding steroid dienone is 5. The van der Waals surface area contributed by atoms with Crippen molar-refractivity contribution in [2.45, 2.75) is 20.8 Å². The quantitative estimate of drug-likeness (QED) is 0.536. The largest absolute Gasteiger partial charge is 0.0958 e. The Bertz CT molecular complexity index is 226. The Morgan fingerprint density at radius 2 is 1.36 bits per heavy atom. The summed E-state index contributed by atoms with van der Waals surface area (Å²) in [5.41, 5.74) is 4.22. The van der Waals surface area contributed by atoms with Crippen LogP contribution in [0, 0.1) is 0 Å². The minimum Gasteiger partial charge on any atom is -0.0958 e. The van der Waals surface area contributed by atoms with Gasteiger partial charge in [-0.15, -0.1) is 0 Å². The van der Waals surface area contributed by atoms with Gasteiger partial charge in [0.25, 0.3) is 0 Å². The van der Waals surface area contributed by atoms with E-state index in [2.05, 4.69) is 19.7 Å². The van der Waals surface area contributed by atoms with E-state index in [4.69, 9.17) is 0 Å². The van der Waals surface area contributed by atoms with Crippen LogP contribution in [0.5, 0.6) is 0 Å². The van der Waals surface area contributed by atoms with E-state index >= 15 is 0 Å². The fourth-order valence-electron chi connectivity index (χ4n) is 0.508. The van der Waals surface area contributed by atoms with Gasteiger partial charge in [-0.1, -0.05) is 37.0 Å². The highest BCUT2D eigenvalue weighted by Gasteiger charge is 1.92. The average Bonchev–Trinajstić information content (AvgIpc) is 1.87. The van der Waals surface area contributed by atoms with E-state index < -0.39 is 0 Å². The molecule has 0 spiro atoms. The zero-order valence-corrected chi connectivity index (χ0v) is 7.70. The zero-order chi connectivity index (χ0) is 9.02. The van der Waals surface area contributed by atoms with Crippen LogP contribution in [0.2, 0.25) is 0 Å². The summed E-state index contributed by atoms with van der Waals surface area (Å²) in [5.74, 6) is 0. The fourth-order valence-corrected chi connectivity index (χ4v) is 0.508. The van der Waals surface area contributed by atoms with Crippen LogP contribution in [0.4, 0.5) is 0 Å². The van der Waals surface area contributed by atoms with Crippen LogP contribution in [-0.2, 0) is 0 Å². The molecule has 0 bridgehead atoms. The minimum atomic E-state index is 0.977. The lowest BCUT2D eigenvalue weighted by molar-refractivity contribution is 1.33. The Kier molecular flexibility index (Phi) is 3.59. The third-order valence-corrected chi connectivity index (χ3v) is 1.61. The Labute approximate surface area is 69.6 Å². The van der Waals surface area contributed by atoms with Crippen molar-refractivity contribution in [1.29, 1.82) is 0 Å². The first-order chi connectivity index (χ1) is 4.95. The van der Waals surface area contributed by atoms with Gasteiger partial charge in [-0.3, -0.25) is 0 Å². The van der Waals surface area contributed by atoms with Crippen LogP contribution < -0.4 is 0 Å². The van der Waals surface area contributed by atoms with Crippen molar-refractivity contribution < 1.29 is 0 Å². The molecule has 0 atom stereocenters. The summed E-state index contributed by atoms with van der Waals surface area (Å²) in [4.78, 5) is 0. The molecule has 60 valence electrons. The van der Waals surface area contributed by atoms with Gasteiger partial charge >= 0.3 is 0 Å². The lowest BCUT2D eigenvalue weighted by Gasteiger charge is -2.01. The first-order valence-corrected chi connectivity index (χ1v) is 3.64. The summed E-state index contributed by atoms with van der Waals surface area (Å²) in [5, 5.41) is 0. The molecule has 0 heterocycles.